The van der Waals surface area contributed by atoms with E-state index in [0.717, 1.165) is 26.9 Å². The molecule has 0 unspecified atom stereocenters. The Labute approximate surface area is 234 Å². The molecule has 0 amide bonds. The van der Waals surface area contributed by atoms with E-state index in [1.807, 2.05) is 18.5 Å². The summed E-state index contributed by atoms with van der Waals surface area (Å²) in [6.07, 6.45) is 3.88. The van der Waals surface area contributed by atoms with Crippen LogP contribution in [0.1, 0.15) is 112 Å². The number of rotatable bonds is 8. The van der Waals surface area contributed by atoms with E-state index >= 15 is 0 Å². The fourth-order valence-corrected chi connectivity index (χ4v) is 6.06. The molecule has 5 nitrogen and oxygen atoms in total. The van der Waals surface area contributed by atoms with E-state index in [4.69, 9.17) is 15.5 Å². The number of aliphatic imine (C=N–C) groups is 2. The molecule has 3 aromatic carbocycles. The molecular formula is C32H39GeN5. The van der Waals surface area contributed by atoms with Crippen LogP contribution >= 0.6 is 0 Å². The zero-order chi connectivity index (χ0) is 27.8. The topological polar surface area (TPSA) is 63.7 Å². The molecule has 3 aromatic rings. The van der Waals surface area contributed by atoms with E-state index in [2.05, 4.69) is 113 Å². The molecule has 0 radical (unpaired) electrons. The van der Waals surface area contributed by atoms with E-state index in [1.165, 1.54) is 22.3 Å². The Kier molecular flexibility index (Phi) is 10.5. The molecule has 6 heteroatoms. The fraction of sp³-hybridized carbons (Fsp3) is 0.375. The Morgan fingerprint density at radius 3 is 1.26 bits per heavy atom. The Hall–Kier alpha value is -3.15. The third-order valence-corrected chi connectivity index (χ3v) is 8.76. The van der Waals surface area contributed by atoms with Crippen molar-refractivity contribution in [3.05, 3.63) is 97.3 Å². The van der Waals surface area contributed by atoms with Crippen LogP contribution in [-0.2, 0) is 0 Å². The van der Waals surface area contributed by atoms with Gasteiger partial charge in [-0.25, -0.2) is 0 Å². The van der Waals surface area contributed by atoms with Gasteiger partial charge in [0.2, 0.25) is 0 Å². The first-order valence-electron chi connectivity index (χ1n) is 13.4. The van der Waals surface area contributed by atoms with E-state index in [1.54, 1.807) is 0 Å². The molecule has 0 fully saturated rings. The second-order valence-electron chi connectivity index (χ2n) is 10.8. The van der Waals surface area contributed by atoms with Gasteiger partial charge in [0.05, 0.1) is 0 Å². The van der Waals surface area contributed by atoms with Crippen LogP contribution in [0.5, 0.6) is 0 Å². The molecule has 0 aliphatic rings. The molecule has 0 aliphatic carbocycles. The van der Waals surface area contributed by atoms with Crippen molar-refractivity contribution >= 4 is 43.3 Å². The third kappa shape index (κ3) is 7.03. The molecular weight excluding hydrogens is 527 g/mol. The van der Waals surface area contributed by atoms with Gasteiger partial charge in [0.15, 0.2) is 0 Å². The number of hydrogen-bond acceptors (Lipinski definition) is 3. The van der Waals surface area contributed by atoms with Gasteiger partial charge < -0.3 is 0 Å². The molecule has 196 valence electrons. The van der Waals surface area contributed by atoms with Crippen LogP contribution in [0, 0.1) is 0 Å². The molecule has 0 atom stereocenters. The minimum atomic E-state index is -1.10. The summed E-state index contributed by atoms with van der Waals surface area (Å²) in [4.78, 5) is 10.1. The summed E-state index contributed by atoms with van der Waals surface area (Å²) >= 11 is -1.10. The minimum absolute atomic E-state index is 0.367. The SMILES string of the molecule is CC(C)c1cccc(C(C)C)c1N=Cc1cccc(C=Nc2c(C(C)C)cccc2C(C)C)[c]1[Ge]#[N+]N=[N-]. The van der Waals surface area contributed by atoms with E-state index in [0.29, 0.717) is 23.7 Å². The zero-order valence-electron chi connectivity index (χ0n) is 23.9. The van der Waals surface area contributed by atoms with Crippen molar-refractivity contribution in [2.75, 3.05) is 0 Å². The van der Waals surface area contributed by atoms with Crippen molar-refractivity contribution in [3.8, 4) is 0 Å². The van der Waals surface area contributed by atoms with Crippen molar-refractivity contribution in [3.63, 3.8) is 0 Å². The van der Waals surface area contributed by atoms with Crippen LogP contribution in [0.3, 0.4) is 0 Å². The normalized spacial score (nSPS) is 11.8. The molecule has 0 saturated heterocycles. The summed E-state index contributed by atoms with van der Waals surface area (Å²) in [7, 11) is 0. The summed E-state index contributed by atoms with van der Waals surface area (Å²) in [6, 6.07) is 19.1. The van der Waals surface area contributed by atoms with Crippen LogP contribution in [0.15, 0.2) is 69.8 Å². The Bertz CT molecular complexity index is 1260. The Morgan fingerprint density at radius 1 is 0.605 bits per heavy atom. The zero-order valence-corrected chi connectivity index (χ0v) is 26.0. The third-order valence-electron chi connectivity index (χ3n) is 6.69. The molecule has 0 spiro atoms. The van der Waals surface area contributed by atoms with Crippen molar-refractivity contribution in [2.45, 2.75) is 79.1 Å². The monoisotopic (exact) mass is 567 g/mol. The first kappa shape index (κ1) is 29.4. The average molecular weight is 566 g/mol. The summed E-state index contributed by atoms with van der Waals surface area (Å²) in [6.45, 7) is 17.6. The predicted molar refractivity (Wildman–Crippen MR) is 165 cm³/mol. The van der Waals surface area contributed by atoms with Gasteiger partial charge in [-0.15, -0.1) is 0 Å². The molecule has 0 bridgehead atoms. The van der Waals surface area contributed by atoms with Gasteiger partial charge in [0, 0.05) is 0 Å². The van der Waals surface area contributed by atoms with E-state index < -0.39 is 15.1 Å². The molecule has 38 heavy (non-hydrogen) atoms. The molecule has 0 aromatic heterocycles. The van der Waals surface area contributed by atoms with E-state index in [-0.39, 0.29) is 0 Å². The van der Waals surface area contributed by atoms with E-state index in [9.17, 15) is 0 Å². The number of nitrogens with zero attached hydrogens (tertiary/aromatic N) is 5. The standard InChI is InChI=1S/C32H39GeN5/c1-20(2)26-14-10-15-27(21(3)4)31(26)35-18-24-12-9-13-25(30(24)33-37-38-34)19-36-32-28(22(5)6)16-11-17-29(32)23(7)8/h9-23H,1-8H3. The van der Waals surface area contributed by atoms with Gasteiger partial charge in [-0.1, -0.05) is 0 Å². The summed E-state index contributed by atoms with van der Waals surface area (Å²) in [5, 5.41) is 3.09. The Balaban J connectivity index is 2.16. The summed E-state index contributed by atoms with van der Waals surface area (Å²) in [5.41, 5.74) is 18.1. The maximum atomic E-state index is 9.14. The van der Waals surface area contributed by atoms with Gasteiger partial charge >= 0.3 is 235 Å². The van der Waals surface area contributed by atoms with Crippen LogP contribution in [0.4, 0.5) is 11.4 Å². The van der Waals surface area contributed by atoms with Crippen molar-refractivity contribution in [2.24, 2.45) is 15.2 Å². The van der Waals surface area contributed by atoms with Crippen LogP contribution < -0.4 is 4.40 Å². The van der Waals surface area contributed by atoms with Crippen LogP contribution in [-0.4, -0.2) is 27.5 Å². The van der Waals surface area contributed by atoms with Gasteiger partial charge in [-0.05, 0) is 0 Å². The van der Waals surface area contributed by atoms with Gasteiger partial charge in [0.25, 0.3) is 0 Å². The first-order chi connectivity index (χ1) is 18.1. The summed E-state index contributed by atoms with van der Waals surface area (Å²) < 4.78 is 5.08. The van der Waals surface area contributed by atoms with Crippen molar-refractivity contribution in [1.29, 1.82) is 0 Å². The van der Waals surface area contributed by atoms with Gasteiger partial charge in [0.1, 0.15) is 0 Å². The number of para-hydroxylation sites is 2. The average Bonchev–Trinajstić information content (AvgIpc) is 2.89. The second kappa shape index (κ2) is 13.6. The van der Waals surface area contributed by atoms with Gasteiger partial charge in [-0.2, -0.15) is 0 Å². The Morgan fingerprint density at radius 2 is 0.947 bits per heavy atom. The predicted octanol–water partition coefficient (Wildman–Crippen LogP) is 9.24. The molecule has 0 N–H and O–H groups in total. The molecule has 3 rings (SSSR count). The van der Waals surface area contributed by atoms with Crippen LogP contribution in [0.25, 0.3) is 9.36 Å². The fourth-order valence-electron chi connectivity index (χ4n) is 4.60. The van der Waals surface area contributed by atoms with Gasteiger partial charge in [-0.3, -0.25) is 0 Å². The molecule has 0 heterocycles. The van der Waals surface area contributed by atoms with Crippen LogP contribution in [0.2, 0.25) is 0 Å². The quantitative estimate of drug-likeness (QED) is 0.113. The summed E-state index contributed by atoms with van der Waals surface area (Å²) in [5.74, 6) is 1.47. The second-order valence-corrected chi connectivity index (χ2v) is 12.8. The number of hydrogen-bond donors (Lipinski definition) is 0. The first-order valence-corrected chi connectivity index (χ1v) is 15.4. The maximum absolute atomic E-state index is 9.14. The molecule has 0 saturated carbocycles. The van der Waals surface area contributed by atoms with Crippen molar-refractivity contribution < 1.29 is 0 Å². The van der Waals surface area contributed by atoms with Crippen molar-refractivity contribution in [1.82, 2.24) is 0 Å². The molecule has 0 aliphatic heterocycles. The number of benzene rings is 3.